The lowest BCUT2D eigenvalue weighted by molar-refractivity contribution is 0.236. The van der Waals surface area contributed by atoms with Crippen LogP contribution >= 0.6 is 0 Å². The maximum Gasteiger partial charge on any atom is 0.191 e. The number of benzene rings is 1. The SMILES string of the molecule is CCC(CNC(=NC)NCc1ccc(OC)cc1OC)N1CCCC1. The number of rotatable bonds is 8. The number of hydrogen-bond donors (Lipinski definition) is 2. The number of ether oxygens (including phenoxy) is 2. The molecule has 1 aromatic carbocycles. The Labute approximate surface area is 151 Å². The molecule has 1 unspecified atom stereocenters. The van der Waals surface area contributed by atoms with Gasteiger partial charge in [-0.3, -0.25) is 9.89 Å². The highest BCUT2D eigenvalue weighted by Gasteiger charge is 2.20. The van der Waals surface area contributed by atoms with Crippen molar-refractivity contribution < 1.29 is 9.47 Å². The first-order valence-corrected chi connectivity index (χ1v) is 9.11. The van der Waals surface area contributed by atoms with E-state index in [1.807, 2.05) is 18.2 Å². The first-order chi connectivity index (χ1) is 12.2. The van der Waals surface area contributed by atoms with Crippen LogP contribution in [0, 0.1) is 0 Å². The fourth-order valence-corrected chi connectivity index (χ4v) is 3.25. The van der Waals surface area contributed by atoms with Crippen LogP contribution in [-0.4, -0.2) is 57.8 Å². The van der Waals surface area contributed by atoms with Gasteiger partial charge in [0, 0.05) is 37.8 Å². The Kier molecular flexibility index (Phi) is 7.85. The van der Waals surface area contributed by atoms with Crippen LogP contribution in [0.2, 0.25) is 0 Å². The van der Waals surface area contributed by atoms with Crippen LogP contribution < -0.4 is 20.1 Å². The van der Waals surface area contributed by atoms with Crippen molar-refractivity contribution in [2.75, 3.05) is 40.9 Å². The van der Waals surface area contributed by atoms with Crippen molar-refractivity contribution in [2.45, 2.75) is 38.8 Å². The highest BCUT2D eigenvalue weighted by molar-refractivity contribution is 5.79. The summed E-state index contributed by atoms with van der Waals surface area (Å²) in [6, 6.07) is 6.41. The normalized spacial score (nSPS) is 16.6. The summed E-state index contributed by atoms with van der Waals surface area (Å²) in [5, 5.41) is 6.83. The monoisotopic (exact) mass is 348 g/mol. The lowest BCUT2D eigenvalue weighted by Crippen LogP contribution is -2.46. The average molecular weight is 348 g/mol. The average Bonchev–Trinajstić information content (AvgIpc) is 3.19. The summed E-state index contributed by atoms with van der Waals surface area (Å²) in [6.45, 7) is 6.25. The van der Waals surface area contributed by atoms with Crippen LogP contribution in [-0.2, 0) is 6.54 Å². The highest BCUT2D eigenvalue weighted by atomic mass is 16.5. The van der Waals surface area contributed by atoms with Gasteiger partial charge in [0.1, 0.15) is 11.5 Å². The number of nitrogens with one attached hydrogen (secondary N) is 2. The second kappa shape index (κ2) is 10.1. The third-order valence-corrected chi connectivity index (χ3v) is 4.80. The van der Waals surface area contributed by atoms with Crippen molar-refractivity contribution in [3.63, 3.8) is 0 Å². The third-order valence-electron chi connectivity index (χ3n) is 4.80. The van der Waals surface area contributed by atoms with Gasteiger partial charge in [0.2, 0.25) is 0 Å². The Morgan fingerprint density at radius 2 is 1.96 bits per heavy atom. The maximum atomic E-state index is 5.45. The lowest BCUT2D eigenvalue weighted by Gasteiger charge is -2.27. The van der Waals surface area contributed by atoms with Gasteiger partial charge in [-0.15, -0.1) is 0 Å². The second-order valence-corrected chi connectivity index (χ2v) is 6.29. The van der Waals surface area contributed by atoms with Crippen molar-refractivity contribution in [2.24, 2.45) is 4.99 Å². The fraction of sp³-hybridized carbons (Fsp3) is 0.632. The molecule has 2 rings (SSSR count). The van der Waals surface area contributed by atoms with E-state index in [4.69, 9.17) is 9.47 Å². The number of guanidine groups is 1. The summed E-state index contributed by atoms with van der Waals surface area (Å²) < 4.78 is 10.7. The second-order valence-electron chi connectivity index (χ2n) is 6.29. The number of likely N-dealkylation sites (tertiary alicyclic amines) is 1. The van der Waals surface area contributed by atoms with Gasteiger partial charge in [-0.25, -0.2) is 0 Å². The molecule has 1 fully saturated rings. The van der Waals surface area contributed by atoms with Crippen molar-refractivity contribution in [3.05, 3.63) is 23.8 Å². The van der Waals surface area contributed by atoms with E-state index in [1.165, 1.54) is 25.9 Å². The molecule has 1 heterocycles. The number of nitrogens with zero attached hydrogens (tertiary/aromatic N) is 2. The van der Waals surface area contributed by atoms with E-state index < -0.39 is 0 Å². The molecule has 0 amide bonds. The predicted octanol–water partition coefficient (Wildman–Crippen LogP) is 2.24. The van der Waals surface area contributed by atoms with Crippen LogP contribution in [0.1, 0.15) is 31.7 Å². The number of hydrogen-bond acceptors (Lipinski definition) is 4. The molecule has 1 saturated heterocycles. The van der Waals surface area contributed by atoms with Gasteiger partial charge in [0.05, 0.1) is 14.2 Å². The Morgan fingerprint density at radius 3 is 2.56 bits per heavy atom. The zero-order valence-electron chi connectivity index (χ0n) is 16.0. The largest absolute Gasteiger partial charge is 0.497 e. The van der Waals surface area contributed by atoms with Crippen molar-refractivity contribution in [1.82, 2.24) is 15.5 Å². The molecule has 6 nitrogen and oxygen atoms in total. The summed E-state index contributed by atoms with van der Waals surface area (Å²) in [6.07, 6.45) is 3.79. The van der Waals surface area contributed by atoms with Crippen LogP contribution in [0.4, 0.5) is 0 Å². The van der Waals surface area contributed by atoms with Crippen LogP contribution in [0.3, 0.4) is 0 Å². The highest BCUT2D eigenvalue weighted by Crippen LogP contribution is 2.24. The van der Waals surface area contributed by atoms with Gasteiger partial charge < -0.3 is 20.1 Å². The van der Waals surface area contributed by atoms with Crippen molar-refractivity contribution in [3.8, 4) is 11.5 Å². The molecule has 1 aliphatic heterocycles. The van der Waals surface area contributed by atoms with Gasteiger partial charge >= 0.3 is 0 Å². The van der Waals surface area contributed by atoms with Gasteiger partial charge in [0.25, 0.3) is 0 Å². The molecule has 0 spiro atoms. The molecule has 0 aromatic heterocycles. The van der Waals surface area contributed by atoms with E-state index >= 15 is 0 Å². The van der Waals surface area contributed by atoms with Gasteiger partial charge in [-0.1, -0.05) is 6.92 Å². The molecule has 1 atom stereocenters. The molecule has 0 bridgehead atoms. The Bertz CT molecular complexity index is 556. The zero-order valence-corrected chi connectivity index (χ0v) is 16.0. The molecule has 0 radical (unpaired) electrons. The summed E-state index contributed by atoms with van der Waals surface area (Å²) in [7, 11) is 5.13. The Balaban J connectivity index is 1.87. The molecule has 0 aliphatic carbocycles. The topological polar surface area (TPSA) is 58.1 Å². The summed E-state index contributed by atoms with van der Waals surface area (Å²) in [5.41, 5.74) is 1.07. The molecule has 1 aromatic rings. The van der Waals surface area contributed by atoms with Gasteiger partial charge in [-0.05, 0) is 44.5 Å². The van der Waals surface area contributed by atoms with Crippen molar-refractivity contribution >= 4 is 5.96 Å². The van der Waals surface area contributed by atoms with E-state index in [9.17, 15) is 0 Å². The quantitative estimate of drug-likeness (QED) is 0.557. The first-order valence-electron chi connectivity index (χ1n) is 9.11. The summed E-state index contributed by atoms with van der Waals surface area (Å²) in [4.78, 5) is 6.91. The van der Waals surface area contributed by atoms with E-state index in [0.29, 0.717) is 12.6 Å². The minimum absolute atomic E-state index is 0.566. The molecule has 1 aliphatic rings. The van der Waals surface area contributed by atoms with E-state index in [-0.39, 0.29) is 0 Å². The smallest absolute Gasteiger partial charge is 0.191 e. The van der Waals surface area contributed by atoms with E-state index in [0.717, 1.165) is 36.0 Å². The summed E-state index contributed by atoms with van der Waals surface area (Å²) in [5.74, 6) is 2.42. The number of aliphatic imine (C=N–C) groups is 1. The fourth-order valence-electron chi connectivity index (χ4n) is 3.25. The first kappa shape index (κ1) is 19.4. The minimum Gasteiger partial charge on any atom is -0.497 e. The van der Waals surface area contributed by atoms with Gasteiger partial charge in [-0.2, -0.15) is 0 Å². The molecule has 140 valence electrons. The Hall–Kier alpha value is -1.95. The molecular weight excluding hydrogens is 316 g/mol. The molecule has 0 saturated carbocycles. The van der Waals surface area contributed by atoms with Gasteiger partial charge in [0.15, 0.2) is 5.96 Å². The van der Waals surface area contributed by atoms with Crippen LogP contribution in [0.15, 0.2) is 23.2 Å². The third kappa shape index (κ3) is 5.53. The standard InChI is InChI=1S/C19H32N4O2/c1-5-16(23-10-6-7-11-23)14-22-19(20-2)21-13-15-8-9-17(24-3)12-18(15)25-4/h8-9,12,16H,5-7,10-11,13-14H2,1-4H3,(H2,20,21,22). The molecule has 6 heteroatoms. The summed E-state index contributed by atoms with van der Waals surface area (Å²) >= 11 is 0. The molecule has 2 N–H and O–H groups in total. The maximum absolute atomic E-state index is 5.45. The molecular formula is C19H32N4O2. The van der Waals surface area contributed by atoms with Crippen LogP contribution in [0.25, 0.3) is 0 Å². The van der Waals surface area contributed by atoms with Crippen molar-refractivity contribution in [1.29, 1.82) is 0 Å². The lowest BCUT2D eigenvalue weighted by atomic mass is 10.2. The minimum atomic E-state index is 0.566. The zero-order chi connectivity index (χ0) is 18.1. The number of methoxy groups -OCH3 is 2. The predicted molar refractivity (Wildman–Crippen MR) is 103 cm³/mol. The Morgan fingerprint density at radius 1 is 1.20 bits per heavy atom. The van der Waals surface area contributed by atoms with E-state index in [2.05, 4.69) is 27.4 Å². The molecule has 25 heavy (non-hydrogen) atoms. The van der Waals surface area contributed by atoms with Crippen LogP contribution in [0.5, 0.6) is 11.5 Å². The van der Waals surface area contributed by atoms with E-state index in [1.54, 1.807) is 21.3 Å².